The third-order valence-electron chi connectivity index (χ3n) is 4.60. The van der Waals surface area contributed by atoms with E-state index < -0.39 is 0 Å². The SMILES string of the molecule is OCc1cc(N(CC2CC2)CC2CC2)c2ccccc2n1. The van der Waals surface area contributed by atoms with Gasteiger partial charge in [-0.2, -0.15) is 0 Å². The number of hydrogen-bond acceptors (Lipinski definition) is 3. The van der Waals surface area contributed by atoms with Crippen LogP contribution in [-0.4, -0.2) is 23.2 Å². The Kier molecular flexibility index (Phi) is 3.30. The van der Waals surface area contributed by atoms with Crippen molar-refractivity contribution in [2.75, 3.05) is 18.0 Å². The average Bonchev–Trinajstić information content (AvgIpc) is 3.41. The number of aromatic nitrogens is 1. The normalized spacial score (nSPS) is 18.1. The molecule has 3 nitrogen and oxygen atoms in total. The van der Waals surface area contributed by atoms with Gasteiger partial charge in [-0.25, -0.2) is 0 Å². The van der Waals surface area contributed by atoms with Gasteiger partial charge in [0.1, 0.15) is 0 Å². The molecule has 0 unspecified atom stereocenters. The fraction of sp³-hybridized carbons (Fsp3) is 0.500. The van der Waals surface area contributed by atoms with Gasteiger partial charge in [-0.1, -0.05) is 18.2 Å². The van der Waals surface area contributed by atoms with Crippen molar-refractivity contribution in [2.45, 2.75) is 32.3 Å². The molecular weight excluding hydrogens is 260 g/mol. The molecule has 0 bridgehead atoms. The molecule has 0 atom stereocenters. The lowest BCUT2D eigenvalue weighted by Crippen LogP contribution is -2.28. The van der Waals surface area contributed by atoms with Crippen LogP contribution in [0.3, 0.4) is 0 Å². The Hall–Kier alpha value is -1.61. The fourth-order valence-corrected chi connectivity index (χ4v) is 3.05. The minimum absolute atomic E-state index is 0.0124. The minimum Gasteiger partial charge on any atom is -0.390 e. The van der Waals surface area contributed by atoms with Crippen molar-refractivity contribution in [3.63, 3.8) is 0 Å². The highest BCUT2D eigenvalue weighted by atomic mass is 16.3. The molecule has 0 saturated heterocycles. The largest absolute Gasteiger partial charge is 0.390 e. The topological polar surface area (TPSA) is 36.4 Å². The van der Waals surface area contributed by atoms with E-state index >= 15 is 0 Å². The molecule has 0 spiro atoms. The summed E-state index contributed by atoms with van der Waals surface area (Å²) < 4.78 is 0. The first-order valence-corrected chi connectivity index (χ1v) is 8.08. The fourth-order valence-electron chi connectivity index (χ4n) is 3.05. The summed E-state index contributed by atoms with van der Waals surface area (Å²) in [6, 6.07) is 10.4. The van der Waals surface area contributed by atoms with Gasteiger partial charge in [0.15, 0.2) is 0 Å². The van der Waals surface area contributed by atoms with E-state index in [9.17, 15) is 5.11 Å². The van der Waals surface area contributed by atoms with Crippen molar-refractivity contribution in [2.24, 2.45) is 11.8 Å². The minimum atomic E-state index is 0.0124. The van der Waals surface area contributed by atoms with E-state index in [1.54, 1.807) is 0 Å². The van der Waals surface area contributed by atoms with E-state index in [0.717, 1.165) is 36.1 Å². The summed E-state index contributed by atoms with van der Waals surface area (Å²) in [6.45, 7) is 2.34. The van der Waals surface area contributed by atoms with E-state index in [2.05, 4.69) is 28.1 Å². The lowest BCUT2D eigenvalue weighted by atomic mass is 10.1. The molecule has 1 N–H and O–H groups in total. The molecule has 2 fully saturated rings. The van der Waals surface area contributed by atoms with Gasteiger partial charge in [0.2, 0.25) is 0 Å². The second kappa shape index (κ2) is 5.30. The van der Waals surface area contributed by atoms with Crippen LogP contribution in [0.1, 0.15) is 31.4 Å². The highest BCUT2D eigenvalue weighted by molar-refractivity contribution is 5.92. The summed E-state index contributed by atoms with van der Waals surface area (Å²) in [4.78, 5) is 7.10. The summed E-state index contributed by atoms with van der Waals surface area (Å²) in [5.74, 6) is 1.74. The summed E-state index contributed by atoms with van der Waals surface area (Å²) in [5, 5.41) is 10.7. The standard InChI is InChI=1S/C18H22N2O/c21-12-15-9-18(16-3-1-2-4-17(16)19-15)20(10-13-5-6-13)11-14-7-8-14/h1-4,9,13-14,21H,5-8,10-12H2. The number of nitrogens with zero attached hydrogens (tertiary/aromatic N) is 2. The molecule has 1 aromatic heterocycles. The molecule has 2 saturated carbocycles. The molecule has 2 aromatic rings. The number of anilines is 1. The van der Waals surface area contributed by atoms with Crippen molar-refractivity contribution in [1.82, 2.24) is 4.98 Å². The Morgan fingerprint density at radius 1 is 1.05 bits per heavy atom. The maximum Gasteiger partial charge on any atom is 0.0854 e. The highest BCUT2D eigenvalue weighted by Gasteiger charge is 2.30. The molecule has 0 radical (unpaired) electrons. The molecule has 0 aliphatic heterocycles. The van der Waals surface area contributed by atoms with Gasteiger partial charge in [-0.15, -0.1) is 0 Å². The quantitative estimate of drug-likeness (QED) is 0.882. The van der Waals surface area contributed by atoms with Gasteiger partial charge in [0, 0.05) is 24.2 Å². The Morgan fingerprint density at radius 2 is 1.71 bits per heavy atom. The maximum absolute atomic E-state index is 9.51. The Bertz CT molecular complexity index is 633. The predicted octanol–water partition coefficient (Wildman–Crippen LogP) is 3.35. The number of rotatable bonds is 6. The van der Waals surface area contributed by atoms with Gasteiger partial charge < -0.3 is 10.0 Å². The molecule has 2 aliphatic carbocycles. The van der Waals surface area contributed by atoms with Crippen LogP contribution in [0.15, 0.2) is 30.3 Å². The monoisotopic (exact) mass is 282 g/mol. The zero-order valence-electron chi connectivity index (χ0n) is 12.3. The molecular formula is C18H22N2O. The van der Waals surface area contributed by atoms with E-state index in [1.165, 1.54) is 36.8 Å². The molecule has 2 aliphatic rings. The van der Waals surface area contributed by atoms with Gasteiger partial charge in [-0.05, 0) is 49.7 Å². The predicted molar refractivity (Wildman–Crippen MR) is 85.3 cm³/mol. The highest BCUT2D eigenvalue weighted by Crippen LogP contribution is 2.37. The number of aliphatic hydroxyl groups excluding tert-OH is 1. The van der Waals surface area contributed by atoms with E-state index in [-0.39, 0.29) is 6.61 Å². The zero-order valence-corrected chi connectivity index (χ0v) is 12.3. The Labute approximate surface area is 125 Å². The zero-order chi connectivity index (χ0) is 14.2. The molecule has 21 heavy (non-hydrogen) atoms. The van der Waals surface area contributed by atoms with Crippen LogP contribution in [0.5, 0.6) is 0 Å². The Morgan fingerprint density at radius 3 is 2.33 bits per heavy atom. The van der Waals surface area contributed by atoms with Crippen LogP contribution < -0.4 is 4.90 Å². The molecule has 1 heterocycles. The van der Waals surface area contributed by atoms with Crippen LogP contribution in [-0.2, 0) is 6.61 Å². The smallest absolute Gasteiger partial charge is 0.0854 e. The van der Waals surface area contributed by atoms with Crippen molar-refractivity contribution in [1.29, 1.82) is 0 Å². The average molecular weight is 282 g/mol. The summed E-state index contributed by atoms with van der Waals surface area (Å²) in [6.07, 6.45) is 5.49. The van der Waals surface area contributed by atoms with Crippen molar-refractivity contribution in [3.8, 4) is 0 Å². The number of para-hydroxylation sites is 1. The first-order valence-electron chi connectivity index (χ1n) is 8.08. The number of benzene rings is 1. The number of hydrogen-bond donors (Lipinski definition) is 1. The van der Waals surface area contributed by atoms with Crippen molar-refractivity contribution >= 4 is 16.6 Å². The molecule has 110 valence electrons. The third-order valence-corrected chi connectivity index (χ3v) is 4.60. The first-order chi connectivity index (χ1) is 10.3. The van der Waals surface area contributed by atoms with Crippen LogP contribution in [0.25, 0.3) is 10.9 Å². The van der Waals surface area contributed by atoms with E-state index in [1.807, 2.05) is 12.1 Å². The van der Waals surface area contributed by atoms with Crippen molar-refractivity contribution in [3.05, 3.63) is 36.0 Å². The summed E-state index contributed by atoms with van der Waals surface area (Å²) in [5.41, 5.74) is 3.04. The van der Waals surface area contributed by atoms with Crippen LogP contribution >= 0.6 is 0 Å². The van der Waals surface area contributed by atoms with E-state index in [0.29, 0.717) is 0 Å². The second-order valence-electron chi connectivity index (χ2n) is 6.60. The third kappa shape index (κ3) is 2.88. The summed E-state index contributed by atoms with van der Waals surface area (Å²) in [7, 11) is 0. The molecule has 1 aromatic carbocycles. The van der Waals surface area contributed by atoms with Crippen LogP contribution in [0, 0.1) is 11.8 Å². The number of aliphatic hydroxyl groups is 1. The van der Waals surface area contributed by atoms with E-state index in [4.69, 9.17) is 0 Å². The second-order valence-corrected chi connectivity index (χ2v) is 6.60. The maximum atomic E-state index is 9.51. The van der Waals surface area contributed by atoms with Gasteiger partial charge >= 0.3 is 0 Å². The van der Waals surface area contributed by atoms with Gasteiger partial charge in [-0.3, -0.25) is 4.98 Å². The number of pyridine rings is 1. The van der Waals surface area contributed by atoms with Crippen molar-refractivity contribution < 1.29 is 5.11 Å². The number of fused-ring (bicyclic) bond motifs is 1. The van der Waals surface area contributed by atoms with Gasteiger partial charge in [0.25, 0.3) is 0 Å². The van der Waals surface area contributed by atoms with Crippen LogP contribution in [0.4, 0.5) is 5.69 Å². The first kappa shape index (κ1) is 13.1. The lowest BCUT2D eigenvalue weighted by Gasteiger charge is -2.26. The lowest BCUT2D eigenvalue weighted by molar-refractivity contribution is 0.277. The Balaban J connectivity index is 1.76. The van der Waals surface area contributed by atoms with Crippen LogP contribution in [0.2, 0.25) is 0 Å². The van der Waals surface area contributed by atoms with Gasteiger partial charge in [0.05, 0.1) is 17.8 Å². The molecule has 4 rings (SSSR count). The molecule has 3 heteroatoms. The molecule has 0 amide bonds. The summed E-state index contributed by atoms with van der Waals surface area (Å²) >= 11 is 0.